The van der Waals surface area contributed by atoms with Gasteiger partial charge in [0.1, 0.15) is 5.82 Å². The Morgan fingerprint density at radius 2 is 2.00 bits per heavy atom. The first-order chi connectivity index (χ1) is 17.3. The molecule has 2 saturated heterocycles. The lowest BCUT2D eigenvalue weighted by atomic mass is 9.79. The monoisotopic (exact) mass is 499 g/mol. The van der Waals surface area contributed by atoms with Gasteiger partial charge in [0, 0.05) is 24.4 Å². The maximum atomic E-state index is 15.3. The van der Waals surface area contributed by atoms with Gasteiger partial charge in [-0.1, -0.05) is 31.2 Å². The van der Waals surface area contributed by atoms with E-state index in [1.807, 2.05) is 0 Å². The molecule has 2 aromatic carbocycles. The number of aliphatic hydroxyl groups excluding tert-OH is 1. The summed E-state index contributed by atoms with van der Waals surface area (Å²) in [7, 11) is 0. The number of piperazine rings is 1. The fourth-order valence-corrected chi connectivity index (χ4v) is 5.33. The second kappa shape index (κ2) is 9.42. The van der Waals surface area contributed by atoms with Crippen LogP contribution in [-0.4, -0.2) is 57.8 Å². The summed E-state index contributed by atoms with van der Waals surface area (Å²) in [6.07, 6.45) is 0.869. The van der Waals surface area contributed by atoms with Gasteiger partial charge >= 0.3 is 5.97 Å². The predicted molar refractivity (Wildman–Crippen MR) is 123 cm³/mol. The molecule has 1 unspecified atom stereocenters. The van der Waals surface area contributed by atoms with Gasteiger partial charge in [-0.25, -0.2) is 13.2 Å². The molecule has 0 bridgehead atoms. The summed E-state index contributed by atoms with van der Waals surface area (Å²) >= 11 is 0. The molecule has 0 saturated carbocycles. The van der Waals surface area contributed by atoms with Gasteiger partial charge in [-0.3, -0.25) is 14.6 Å². The zero-order chi connectivity index (χ0) is 25.6. The van der Waals surface area contributed by atoms with E-state index in [-0.39, 0.29) is 23.4 Å². The number of nitrogens with zero attached hydrogens (tertiary/aromatic N) is 3. The van der Waals surface area contributed by atoms with Crippen LogP contribution in [0.25, 0.3) is 0 Å². The second-order valence-electron chi connectivity index (χ2n) is 8.97. The lowest BCUT2D eigenvalue weighted by Crippen LogP contribution is -2.60. The maximum absolute atomic E-state index is 15.3. The van der Waals surface area contributed by atoms with Crippen molar-refractivity contribution in [1.29, 1.82) is 0 Å². The zero-order valence-electron chi connectivity index (χ0n) is 19.4. The predicted octanol–water partition coefficient (Wildman–Crippen LogP) is 3.44. The molecule has 0 radical (unpaired) electrons. The van der Waals surface area contributed by atoms with Crippen molar-refractivity contribution < 1.29 is 32.6 Å². The molecule has 188 valence electrons. The van der Waals surface area contributed by atoms with Gasteiger partial charge in [0.2, 0.25) is 0 Å². The molecule has 7 nitrogen and oxygen atoms in total. The van der Waals surface area contributed by atoms with E-state index in [2.05, 4.69) is 5.10 Å². The molecule has 1 N–H and O–H groups in total. The number of benzene rings is 2. The number of amides is 1. The molecule has 4 atom stereocenters. The average molecular weight is 499 g/mol. The first-order valence-corrected chi connectivity index (χ1v) is 11.8. The third-order valence-corrected chi connectivity index (χ3v) is 6.88. The van der Waals surface area contributed by atoms with Gasteiger partial charge in [-0.15, -0.1) is 0 Å². The van der Waals surface area contributed by atoms with Crippen LogP contribution in [0, 0.1) is 17.5 Å². The Hall–Kier alpha value is -3.66. The first-order valence-electron chi connectivity index (χ1n) is 11.8. The van der Waals surface area contributed by atoms with E-state index in [0.717, 1.165) is 12.3 Å². The molecule has 1 amide bonds. The molecule has 0 aromatic heterocycles. The Kier molecular flexibility index (Phi) is 6.29. The molecule has 2 aromatic rings. The Labute approximate surface area is 205 Å². The summed E-state index contributed by atoms with van der Waals surface area (Å²) in [5, 5.41) is 16.2. The van der Waals surface area contributed by atoms with Crippen LogP contribution in [0.4, 0.5) is 13.2 Å². The summed E-state index contributed by atoms with van der Waals surface area (Å²) < 4.78 is 49.4. The van der Waals surface area contributed by atoms with Crippen LogP contribution < -0.4 is 0 Å². The molecule has 3 aliphatic heterocycles. The van der Waals surface area contributed by atoms with Gasteiger partial charge in [-0.05, 0) is 36.6 Å². The standard InChI is InChI=1S/C26H24F3N3O4/c1-2-20(34)36-25-19(33)13-30-32-23(18-10-5-11-31(18)26(35)24(25)32)21(14-6-3-7-15(27)12-14)16-8-4-9-17(28)22(16)29/h3-4,6-9,12-13,18-19,21,23,33H,2,5,10-11H2,1H3/t18-,19?,21-,23-/m1/s1. The van der Waals surface area contributed by atoms with Crippen molar-refractivity contribution in [2.24, 2.45) is 5.10 Å². The zero-order valence-corrected chi connectivity index (χ0v) is 19.4. The smallest absolute Gasteiger partial charge is 0.310 e. The molecule has 5 rings (SSSR count). The van der Waals surface area contributed by atoms with Crippen LogP contribution >= 0.6 is 0 Å². The lowest BCUT2D eigenvalue weighted by Gasteiger charge is -2.48. The third kappa shape index (κ3) is 3.95. The molecule has 3 heterocycles. The Bertz CT molecular complexity index is 1280. The van der Waals surface area contributed by atoms with E-state index in [1.165, 1.54) is 35.3 Å². The number of hydrogen-bond donors (Lipinski definition) is 1. The third-order valence-electron chi connectivity index (χ3n) is 6.88. The molecule has 10 heteroatoms. The van der Waals surface area contributed by atoms with Crippen LogP contribution in [0.2, 0.25) is 0 Å². The van der Waals surface area contributed by atoms with Crippen LogP contribution in [0.15, 0.2) is 59.0 Å². The number of carbonyl (C=O) groups is 2. The highest BCUT2D eigenvalue weighted by Crippen LogP contribution is 2.45. The Balaban J connectivity index is 1.74. The molecule has 0 aliphatic carbocycles. The lowest BCUT2D eigenvalue weighted by molar-refractivity contribution is -0.142. The minimum absolute atomic E-state index is 0.00498. The van der Waals surface area contributed by atoms with Crippen molar-refractivity contribution in [1.82, 2.24) is 9.91 Å². The molecule has 36 heavy (non-hydrogen) atoms. The number of carbonyl (C=O) groups excluding carboxylic acids is 2. The molecule has 0 spiro atoms. The molecular formula is C26H24F3N3O4. The highest BCUT2D eigenvalue weighted by atomic mass is 19.2. The SMILES string of the molecule is CCC(=O)OC1=C2C(=O)N3CCC[C@@H]3[C@H]([C@H](c3cccc(F)c3)c3cccc(F)c3F)N2N=CC1O. The van der Waals surface area contributed by atoms with Crippen molar-refractivity contribution in [2.75, 3.05) is 6.54 Å². The fraction of sp³-hybridized carbons (Fsp3) is 0.346. The number of aliphatic hydroxyl groups is 1. The normalized spacial score (nSPS) is 24.0. The van der Waals surface area contributed by atoms with E-state index in [4.69, 9.17) is 4.74 Å². The van der Waals surface area contributed by atoms with Gasteiger partial charge in [-0.2, -0.15) is 5.10 Å². The highest BCUT2D eigenvalue weighted by molar-refractivity contribution is 5.97. The maximum Gasteiger partial charge on any atom is 0.310 e. The molecular weight excluding hydrogens is 475 g/mol. The molecule has 2 fully saturated rings. The van der Waals surface area contributed by atoms with Gasteiger partial charge < -0.3 is 14.7 Å². The van der Waals surface area contributed by atoms with Crippen molar-refractivity contribution in [2.45, 2.75) is 50.3 Å². The Morgan fingerprint density at radius 1 is 1.22 bits per heavy atom. The first kappa shape index (κ1) is 24.1. The summed E-state index contributed by atoms with van der Waals surface area (Å²) in [6.45, 7) is 1.96. The minimum atomic E-state index is -1.45. The van der Waals surface area contributed by atoms with Crippen molar-refractivity contribution in [3.8, 4) is 0 Å². The number of esters is 1. The minimum Gasteiger partial charge on any atom is -0.425 e. The quantitative estimate of drug-likeness (QED) is 0.638. The largest absolute Gasteiger partial charge is 0.425 e. The van der Waals surface area contributed by atoms with Crippen LogP contribution in [0.1, 0.15) is 43.2 Å². The van der Waals surface area contributed by atoms with E-state index in [0.29, 0.717) is 24.9 Å². The van der Waals surface area contributed by atoms with E-state index >= 15 is 4.39 Å². The number of ether oxygens (including phenoxy) is 1. The van der Waals surface area contributed by atoms with Crippen molar-refractivity contribution in [3.63, 3.8) is 0 Å². The van der Waals surface area contributed by atoms with Crippen molar-refractivity contribution >= 4 is 18.1 Å². The summed E-state index contributed by atoms with van der Waals surface area (Å²) in [5.41, 5.74) is 0.186. The van der Waals surface area contributed by atoms with Gasteiger partial charge in [0.15, 0.2) is 29.2 Å². The highest BCUT2D eigenvalue weighted by Gasteiger charge is 2.53. The fourth-order valence-electron chi connectivity index (χ4n) is 5.33. The molecule has 3 aliphatic rings. The van der Waals surface area contributed by atoms with E-state index < -0.39 is 53.4 Å². The van der Waals surface area contributed by atoms with E-state index in [9.17, 15) is 23.5 Å². The van der Waals surface area contributed by atoms with Gasteiger partial charge in [0.05, 0.1) is 18.3 Å². The number of rotatable bonds is 5. The number of hydrazone groups is 1. The van der Waals surface area contributed by atoms with Crippen LogP contribution in [-0.2, 0) is 14.3 Å². The number of fused-ring (bicyclic) bond motifs is 2. The summed E-state index contributed by atoms with van der Waals surface area (Å²) in [4.78, 5) is 27.2. The average Bonchev–Trinajstić information content (AvgIpc) is 3.35. The second-order valence-corrected chi connectivity index (χ2v) is 8.97. The van der Waals surface area contributed by atoms with Crippen LogP contribution in [0.5, 0.6) is 0 Å². The van der Waals surface area contributed by atoms with Gasteiger partial charge in [0.25, 0.3) is 5.91 Å². The number of halogens is 3. The summed E-state index contributed by atoms with van der Waals surface area (Å²) in [5.74, 6) is -5.07. The van der Waals surface area contributed by atoms with E-state index in [1.54, 1.807) is 17.9 Å². The number of hydrogen-bond acceptors (Lipinski definition) is 6. The van der Waals surface area contributed by atoms with Crippen molar-refractivity contribution in [3.05, 3.63) is 82.5 Å². The topological polar surface area (TPSA) is 82.4 Å². The Morgan fingerprint density at radius 3 is 2.75 bits per heavy atom. The van der Waals surface area contributed by atoms with Crippen LogP contribution in [0.3, 0.4) is 0 Å². The summed E-state index contributed by atoms with van der Waals surface area (Å²) in [6, 6.07) is 8.08.